The molecule has 1 amide bonds. The average molecular weight is 421 g/mol. The van der Waals surface area contributed by atoms with E-state index in [9.17, 15) is 9.59 Å². The molecule has 0 fully saturated rings. The van der Waals surface area contributed by atoms with Gasteiger partial charge in [-0.05, 0) is 24.3 Å². The Balaban J connectivity index is 1.90. The number of rotatable bonds is 8. The van der Waals surface area contributed by atoms with E-state index in [1.54, 1.807) is 66.7 Å². The van der Waals surface area contributed by atoms with Gasteiger partial charge in [0.15, 0.2) is 11.5 Å². The van der Waals surface area contributed by atoms with Gasteiger partial charge in [0.2, 0.25) is 6.10 Å². The third kappa shape index (κ3) is 5.14. The lowest BCUT2D eigenvalue weighted by Crippen LogP contribution is -2.26. The van der Waals surface area contributed by atoms with Crippen molar-refractivity contribution in [1.29, 1.82) is 0 Å². The SMILES string of the molecule is COc1cccc(NC(=O)[C@H](OC(=O)c2cccc(OC)c2OC)c2ccccc2)c1. The second-order valence-corrected chi connectivity index (χ2v) is 6.46. The molecule has 3 rings (SSSR count). The minimum absolute atomic E-state index is 0.150. The molecule has 0 aliphatic carbocycles. The van der Waals surface area contributed by atoms with Crippen LogP contribution in [0, 0.1) is 0 Å². The van der Waals surface area contributed by atoms with Crippen LogP contribution in [-0.2, 0) is 9.53 Å². The highest BCUT2D eigenvalue weighted by Crippen LogP contribution is 2.32. The van der Waals surface area contributed by atoms with Gasteiger partial charge in [0.05, 0.1) is 21.3 Å². The molecule has 1 atom stereocenters. The predicted octanol–water partition coefficient (Wildman–Crippen LogP) is 4.25. The lowest BCUT2D eigenvalue weighted by atomic mass is 10.1. The topological polar surface area (TPSA) is 83.1 Å². The third-order valence-electron chi connectivity index (χ3n) is 4.53. The van der Waals surface area contributed by atoms with Gasteiger partial charge in [0.1, 0.15) is 11.3 Å². The molecule has 0 unspecified atom stereocenters. The Morgan fingerprint density at radius 3 is 2.23 bits per heavy atom. The number of hydrogen-bond acceptors (Lipinski definition) is 6. The summed E-state index contributed by atoms with van der Waals surface area (Å²) in [6, 6.07) is 20.5. The number of anilines is 1. The van der Waals surface area contributed by atoms with E-state index >= 15 is 0 Å². The van der Waals surface area contributed by atoms with Crippen molar-refractivity contribution in [2.45, 2.75) is 6.10 Å². The van der Waals surface area contributed by atoms with Gasteiger partial charge in [0, 0.05) is 17.3 Å². The van der Waals surface area contributed by atoms with Crippen LogP contribution in [0.4, 0.5) is 5.69 Å². The van der Waals surface area contributed by atoms with Crippen LogP contribution in [0.3, 0.4) is 0 Å². The highest BCUT2D eigenvalue weighted by molar-refractivity contribution is 5.99. The lowest BCUT2D eigenvalue weighted by molar-refractivity contribution is -0.125. The molecule has 7 heteroatoms. The molecule has 0 radical (unpaired) electrons. The number of hydrogen-bond donors (Lipinski definition) is 1. The van der Waals surface area contributed by atoms with Crippen LogP contribution in [0.5, 0.6) is 17.2 Å². The van der Waals surface area contributed by atoms with Crippen molar-refractivity contribution >= 4 is 17.6 Å². The Morgan fingerprint density at radius 2 is 1.55 bits per heavy atom. The van der Waals surface area contributed by atoms with E-state index in [4.69, 9.17) is 18.9 Å². The molecule has 0 aromatic heterocycles. The highest BCUT2D eigenvalue weighted by atomic mass is 16.6. The Hall–Kier alpha value is -4.00. The summed E-state index contributed by atoms with van der Waals surface area (Å²) in [5.74, 6) is -0.0173. The monoisotopic (exact) mass is 421 g/mol. The van der Waals surface area contributed by atoms with Crippen molar-refractivity contribution in [3.8, 4) is 17.2 Å². The molecule has 0 saturated heterocycles. The number of ether oxygens (including phenoxy) is 4. The van der Waals surface area contributed by atoms with Crippen LogP contribution in [0.25, 0.3) is 0 Å². The Morgan fingerprint density at radius 1 is 0.806 bits per heavy atom. The molecule has 7 nitrogen and oxygen atoms in total. The van der Waals surface area contributed by atoms with Gasteiger partial charge in [-0.2, -0.15) is 0 Å². The number of esters is 1. The zero-order chi connectivity index (χ0) is 22.2. The maximum atomic E-state index is 13.1. The summed E-state index contributed by atoms with van der Waals surface area (Å²) < 4.78 is 21.4. The van der Waals surface area contributed by atoms with E-state index in [0.717, 1.165) is 0 Å². The molecule has 3 aromatic carbocycles. The lowest BCUT2D eigenvalue weighted by Gasteiger charge is -2.19. The van der Waals surface area contributed by atoms with Crippen LogP contribution >= 0.6 is 0 Å². The van der Waals surface area contributed by atoms with Gasteiger partial charge >= 0.3 is 5.97 Å². The fourth-order valence-corrected chi connectivity index (χ4v) is 3.03. The molecule has 0 heterocycles. The van der Waals surface area contributed by atoms with Gasteiger partial charge in [-0.1, -0.05) is 42.5 Å². The molecule has 31 heavy (non-hydrogen) atoms. The van der Waals surface area contributed by atoms with E-state index in [0.29, 0.717) is 22.7 Å². The van der Waals surface area contributed by atoms with Gasteiger partial charge in [-0.3, -0.25) is 4.79 Å². The summed E-state index contributed by atoms with van der Waals surface area (Å²) >= 11 is 0. The van der Waals surface area contributed by atoms with E-state index in [1.165, 1.54) is 21.3 Å². The van der Waals surface area contributed by atoms with E-state index < -0.39 is 18.0 Å². The van der Waals surface area contributed by atoms with Crippen molar-refractivity contribution < 1.29 is 28.5 Å². The number of amides is 1. The average Bonchev–Trinajstić information content (AvgIpc) is 2.82. The maximum absolute atomic E-state index is 13.1. The molecule has 0 aliphatic rings. The molecule has 0 bridgehead atoms. The molecule has 160 valence electrons. The van der Waals surface area contributed by atoms with E-state index in [2.05, 4.69) is 5.32 Å². The third-order valence-corrected chi connectivity index (χ3v) is 4.53. The number of nitrogens with one attached hydrogen (secondary N) is 1. The minimum Gasteiger partial charge on any atom is -0.497 e. The summed E-state index contributed by atoms with van der Waals surface area (Å²) in [5.41, 5.74) is 1.19. The quantitative estimate of drug-likeness (QED) is 0.548. The standard InChI is InChI=1S/C24H23NO6/c1-28-18-12-7-11-17(15-18)25-23(26)21(16-9-5-4-6-10-16)31-24(27)19-13-8-14-20(29-2)22(19)30-3/h4-15,21H,1-3H3,(H,25,26)/t21-/m1/s1. The molecule has 3 aromatic rings. The van der Waals surface area contributed by atoms with Gasteiger partial charge in [-0.15, -0.1) is 0 Å². The summed E-state index contributed by atoms with van der Waals surface area (Å²) in [4.78, 5) is 26.0. The predicted molar refractivity (Wildman–Crippen MR) is 116 cm³/mol. The molecule has 1 N–H and O–H groups in total. The molecule has 0 aliphatic heterocycles. The first-order chi connectivity index (χ1) is 15.1. The minimum atomic E-state index is -1.18. The van der Waals surface area contributed by atoms with Crippen molar-refractivity contribution in [2.75, 3.05) is 26.6 Å². The first-order valence-corrected chi connectivity index (χ1v) is 9.49. The zero-order valence-corrected chi connectivity index (χ0v) is 17.5. The van der Waals surface area contributed by atoms with Crippen molar-refractivity contribution in [3.63, 3.8) is 0 Å². The van der Waals surface area contributed by atoms with Crippen molar-refractivity contribution in [2.24, 2.45) is 0 Å². The van der Waals surface area contributed by atoms with Crippen LogP contribution < -0.4 is 19.5 Å². The van der Waals surface area contributed by atoms with Crippen LogP contribution in [0.15, 0.2) is 72.8 Å². The number of para-hydroxylation sites is 1. The summed E-state index contributed by atoms with van der Waals surface area (Å²) in [6.45, 7) is 0. The second-order valence-electron chi connectivity index (χ2n) is 6.46. The molecular weight excluding hydrogens is 398 g/mol. The van der Waals surface area contributed by atoms with E-state index in [1.807, 2.05) is 6.07 Å². The molecular formula is C24H23NO6. The number of methoxy groups -OCH3 is 3. The Labute approximate surface area is 180 Å². The largest absolute Gasteiger partial charge is 0.497 e. The van der Waals surface area contributed by atoms with Crippen LogP contribution in [-0.4, -0.2) is 33.2 Å². The fourth-order valence-electron chi connectivity index (χ4n) is 3.03. The Bertz CT molecular complexity index is 1050. The van der Waals surface area contributed by atoms with Gasteiger partial charge in [-0.25, -0.2) is 4.79 Å². The van der Waals surface area contributed by atoms with Gasteiger partial charge in [0.25, 0.3) is 5.91 Å². The van der Waals surface area contributed by atoms with Crippen LogP contribution in [0.2, 0.25) is 0 Å². The van der Waals surface area contributed by atoms with Crippen LogP contribution in [0.1, 0.15) is 22.0 Å². The summed E-state index contributed by atoms with van der Waals surface area (Å²) in [5, 5.41) is 2.77. The number of benzene rings is 3. The highest BCUT2D eigenvalue weighted by Gasteiger charge is 2.28. The van der Waals surface area contributed by atoms with Crippen molar-refractivity contribution in [1.82, 2.24) is 0 Å². The smallest absolute Gasteiger partial charge is 0.343 e. The first-order valence-electron chi connectivity index (χ1n) is 9.49. The van der Waals surface area contributed by atoms with Gasteiger partial charge < -0.3 is 24.3 Å². The first kappa shape index (κ1) is 21.7. The fraction of sp³-hybridized carbons (Fsp3) is 0.167. The Kier molecular flexibility index (Phi) is 7.11. The van der Waals surface area contributed by atoms with E-state index in [-0.39, 0.29) is 11.3 Å². The normalized spacial score (nSPS) is 11.2. The van der Waals surface area contributed by atoms with Crippen molar-refractivity contribution in [3.05, 3.63) is 83.9 Å². The second kappa shape index (κ2) is 10.2. The summed E-state index contributed by atoms with van der Waals surface area (Å²) in [7, 11) is 4.44. The number of carbonyl (C=O) groups is 2. The molecule has 0 spiro atoms. The zero-order valence-electron chi connectivity index (χ0n) is 17.5. The molecule has 0 saturated carbocycles. The summed E-state index contributed by atoms with van der Waals surface area (Å²) in [6.07, 6.45) is -1.18. The maximum Gasteiger partial charge on any atom is 0.343 e. The number of carbonyl (C=O) groups excluding carboxylic acids is 2.